The van der Waals surface area contributed by atoms with E-state index in [0.717, 1.165) is 11.3 Å². The number of carbonyl (C=O) groups excluding carboxylic acids is 1. The zero-order valence-corrected chi connectivity index (χ0v) is 8.77. The second-order valence-corrected chi connectivity index (χ2v) is 2.02. The van der Waals surface area contributed by atoms with Crippen molar-refractivity contribution in [3.05, 3.63) is 16.6 Å². The van der Waals surface area contributed by atoms with Gasteiger partial charge in [0.1, 0.15) is 11.0 Å². The molecule has 9 heavy (non-hydrogen) atoms. The largest absolute Gasteiger partial charge is 1.00 e. The Morgan fingerprint density at radius 2 is 2.44 bits per heavy atom. The summed E-state index contributed by atoms with van der Waals surface area (Å²) in [5, 5.41) is 11.5. The molecule has 0 saturated heterocycles. The number of thiazole rings is 1. The van der Waals surface area contributed by atoms with Crippen LogP contribution in [-0.2, 0) is 0 Å². The van der Waals surface area contributed by atoms with Gasteiger partial charge in [0.05, 0.1) is 0 Å². The minimum atomic E-state index is -1.21. The Kier molecular flexibility index (Phi) is 4.91. The Morgan fingerprint density at radius 3 is 2.67 bits per heavy atom. The van der Waals surface area contributed by atoms with Crippen LogP contribution in [0.5, 0.6) is 0 Å². The van der Waals surface area contributed by atoms with Gasteiger partial charge in [-0.25, -0.2) is 4.98 Å². The summed E-state index contributed by atoms with van der Waals surface area (Å²) in [6, 6.07) is 0. The Balaban J connectivity index is 0.000000640. The number of nitrogens with zero attached hydrogens (tertiary/aromatic N) is 1. The first-order chi connectivity index (χ1) is 3.80. The van der Waals surface area contributed by atoms with E-state index in [1.54, 1.807) is 5.38 Å². The van der Waals surface area contributed by atoms with Gasteiger partial charge in [-0.3, -0.25) is 0 Å². The van der Waals surface area contributed by atoms with Crippen molar-refractivity contribution in [1.82, 2.24) is 4.98 Å². The number of carboxylic acids is 1. The predicted octanol–water partition coefficient (Wildman–Crippen LogP) is -3.49. The number of rotatable bonds is 1. The average molecular weight is 167 g/mol. The van der Waals surface area contributed by atoms with Gasteiger partial charge >= 0.3 is 51.4 Å². The molecule has 0 aliphatic heterocycles. The fraction of sp³-hybridized carbons (Fsp3) is 0. The van der Waals surface area contributed by atoms with Gasteiger partial charge in [-0.2, -0.15) is 0 Å². The van der Waals surface area contributed by atoms with Crippen LogP contribution in [0.25, 0.3) is 0 Å². The van der Waals surface area contributed by atoms with E-state index in [-0.39, 0.29) is 56.4 Å². The van der Waals surface area contributed by atoms with Gasteiger partial charge in [-0.1, -0.05) is 0 Å². The van der Waals surface area contributed by atoms with Gasteiger partial charge in [-0.15, -0.1) is 11.3 Å². The molecule has 0 N–H and O–H groups in total. The average Bonchev–Trinajstić information content (AvgIpc) is 2.12. The summed E-state index contributed by atoms with van der Waals surface area (Å²) in [7, 11) is 0. The normalized spacial score (nSPS) is 8.00. The third kappa shape index (κ3) is 2.88. The van der Waals surface area contributed by atoms with E-state index in [4.69, 9.17) is 0 Å². The summed E-state index contributed by atoms with van der Waals surface area (Å²) >= 11 is 1.06. The quantitative estimate of drug-likeness (QED) is 0.408. The Morgan fingerprint density at radius 1 is 1.78 bits per heavy atom. The molecule has 0 bridgehead atoms. The summed E-state index contributed by atoms with van der Waals surface area (Å²) in [4.78, 5) is 13.4. The molecule has 0 unspecified atom stereocenters. The van der Waals surface area contributed by atoms with Gasteiger partial charge in [0.25, 0.3) is 0 Å². The van der Waals surface area contributed by atoms with Crippen LogP contribution in [0.15, 0.2) is 11.6 Å². The second-order valence-electron chi connectivity index (χ2n) is 1.12. The first kappa shape index (κ1) is 9.74. The smallest absolute Gasteiger partial charge is 0.542 e. The van der Waals surface area contributed by atoms with E-state index in [1.165, 1.54) is 6.20 Å². The van der Waals surface area contributed by atoms with E-state index in [9.17, 15) is 9.90 Å². The predicted molar refractivity (Wildman–Crippen MR) is 26.4 cm³/mol. The molecule has 0 amide bonds. The van der Waals surface area contributed by atoms with Crippen LogP contribution in [0, 0.1) is 0 Å². The fourth-order valence-corrected chi connectivity index (χ4v) is 0.793. The van der Waals surface area contributed by atoms with Crippen molar-refractivity contribution in [2.24, 2.45) is 0 Å². The standard InChI is InChI=1S/C4H3NO2S.K/c6-4(7)3-5-1-2-8-3;/h1-2H,(H,6,7);/q;+1/p-1. The SMILES string of the molecule is O=C([O-])c1nccs1.[K+]. The summed E-state index contributed by atoms with van der Waals surface area (Å²) in [6.07, 6.45) is 1.43. The molecule has 0 fully saturated rings. The maximum absolute atomic E-state index is 9.90. The van der Waals surface area contributed by atoms with E-state index in [0.29, 0.717) is 0 Å². The van der Waals surface area contributed by atoms with Crippen molar-refractivity contribution >= 4 is 17.3 Å². The first-order valence-corrected chi connectivity index (χ1v) is 2.79. The van der Waals surface area contributed by atoms with E-state index < -0.39 is 5.97 Å². The monoisotopic (exact) mass is 167 g/mol. The van der Waals surface area contributed by atoms with Gasteiger partial charge < -0.3 is 9.90 Å². The molecular formula is C4H2KNO2S. The van der Waals surface area contributed by atoms with Crippen LogP contribution in [0.3, 0.4) is 0 Å². The summed E-state index contributed by atoms with van der Waals surface area (Å²) in [5.41, 5.74) is 0. The van der Waals surface area contributed by atoms with Crippen LogP contribution < -0.4 is 56.5 Å². The summed E-state index contributed by atoms with van der Waals surface area (Å²) in [5.74, 6) is -1.21. The zero-order valence-electron chi connectivity index (χ0n) is 4.83. The van der Waals surface area contributed by atoms with Crippen LogP contribution in [-0.4, -0.2) is 11.0 Å². The number of hydrogen-bond acceptors (Lipinski definition) is 4. The Hall–Kier alpha value is 0.736. The molecule has 0 atom stereocenters. The minimum absolute atomic E-state index is 0. The first-order valence-electron chi connectivity index (χ1n) is 1.91. The molecule has 0 aromatic carbocycles. The fourth-order valence-electron chi connectivity index (χ4n) is 0.324. The number of carboxylic acid groups (broad SMARTS) is 1. The molecule has 0 aliphatic carbocycles. The zero-order chi connectivity index (χ0) is 5.98. The summed E-state index contributed by atoms with van der Waals surface area (Å²) < 4.78 is 0. The van der Waals surface area contributed by atoms with Crippen LogP contribution >= 0.6 is 11.3 Å². The number of aromatic nitrogens is 1. The molecule has 5 heteroatoms. The van der Waals surface area contributed by atoms with Crippen LogP contribution in [0.4, 0.5) is 0 Å². The van der Waals surface area contributed by atoms with Crippen LogP contribution in [0.2, 0.25) is 0 Å². The van der Waals surface area contributed by atoms with Crippen molar-refractivity contribution in [2.45, 2.75) is 0 Å². The van der Waals surface area contributed by atoms with Crippen molar-refractivity contribution < 1.29 is 61.3 Å². The van der Waals surface area contributed by atoms with Gasteiger partial charge in [0.2, 0.25) is 0 Å². The maximum Gasteiger partial charge on any atom is 1.00 e. The minimum Gasteiger partial charge on any atom is -0.542 e. The number of aromatic carboxylic acids is 1. The molecule has 1 aromatic rings. The molecule has 3 nitrogen and oxygen atoms in total. The molecule has 42 valence electrons. The van der Waals surface area contributed by atoms with Gasteiger partial charge in [0, 0.05) is 11.6 Å². The number of hydrogen-bond donors (Lipinski definition) is 0. The molecule has 1 aromatic heterocycles. The van der Waals surface area contributed by atoms with Crippen molar-refractivity contribution in [2.75, 3.05) is 0 Å². The molecule has 0 aliphatic rings. The molecule has 0 spiro atoms. The molecule has 1 rings (SSSR count). The van der Waals surface area contributed by atoms with Crippen LogP contribution in [0.1, 0.15) is 9.80 Å². The van der Waals surface area contributed by atoms with E-state index in [1.807, 2.05) is 0 Å². The third-order valence-electron chi connectivity index (χ3n) is 0.607. The van der Waals surface area contributed by atoms with E-state index in [2.05, 4.69) is 4.98 Å². The van der Waals surface area contributed by atoms with Gasteiger partial charge in [0.15, 0.2) is 0 Å². The third-order valence-corrected chi connectivity index (χ3v) is 1.36. The van der Waals surface area contributed by atoms with Gasteiger partial charge in [-0.05, 0) is 0 Å². The molecule has 0 radical (unpaired) electrons. The van der Waals surface area contributed by atoms with Crippen molar-refractivity contribution in [3.63, 3.8) is 0 Å². The molecule has 1 heterocycles. The summed E-state index contributed by atoms with van der Waals surface area (Å²) in [6.45, 7) is 0. The Bertz CT molecular complexity index is 186. The number of carbonyl (C=O) groups is 1. The van der Waals surface area contributed by atoms with E-state index >= 15 is 0 Å². The maximum atomic E-state index is 9.90. The Labute approximate surface area is 98.5 Å². The molecular weight excluding hydrogens is 165 g/mol. The van der Waals surface area contributed by atoms with Crippen molar-refractivity contribution in [1.29, 1.82) is 0 Å². The molecule has 0 saturated carbocycles. The topological polar surface area (TPSA) is 53.0 Å². The second kappa shape index (κ2) is 4.54. The van der Waals surface area contributed by atoms with Crippen molar-refractivity contribution in [3.8, 4) is 0 Å².